The maximum atomic E-state index is 12.7. The number of aliphatic hydroxyl groups is 1. The Bertz CT molecular complexity index is 1170. The van der Waals surface area contributed by atoms with Gasteiger partial charge in [0, 0.05) is 12.8 Å². The summed E-state index contributed by atoms with van der Waals surface area (Å²) in [6.45, 7) is 3.32. The normalized spacial score (nSPS) is 13.2. The van der Waals surface area contributed by atoms with Crippen LogP contribution < -0.4 is 10.6 Å². The van der Waals surface area contributed by atoms with Crippen LogP contribution in [-0.2, 0) is 23.9 Å². The van der Waals surface area contributed by atoms with Crippen LogP contribution in [0.2, 0.25) is 0 Å². The first-order chi connectivity index (χ1) is 27.3. The lowest BCUT2D eigenvalue weighted by atomic mass is 10.1. The van der Waals surface area contributed by atoms with Gasteiger partial charge in [-0.15, -0.1) is 0 Å². The van der Waals surface area contributed by atoms with Crippen molar-refractivity contribution in [3.63, 3.8) is 0 Å². The Morgan fingerprint density at radius 3 is 1.64 bits per heavy atom. The van der Waals surface area contributed by atoms with Crippen molar-refractivity contribution in [3.8, 4) is 0 Å². The Morgan fingerprint density at radius 1 is 0.571 bits per heavy atom. The second-order valence-corrected chi connectivity index (χ2v) is 14.4. The fourth-order valence-electron chi connectivity index (χ4n) is 5.83. The van der Waals surface area contributed by atoms with E-state index in [9.17, 15) is 19.2 Å². The number of carbonyl (C=O) groups excluding carboxylic acids is 3. The van der Waals surface area contributed by atoms with Crippen LogP contribution in [-0.4, -0.2) is 59.3 Å². The van der Waals surface area contributed by atoms with Crippen LogP contribution in [0.25, 0.3) is 0 Å². The molecule has 2 unspecified atom stereocenters. The van der Waals surface area contributed by atoms with Gasteiger partial charge in [-0.1, -0.05) is 145 Å². The molecule has 9 heteroatoms. The van der Waals surface area contributed by atoms with Gasteiger partial charge in [0.2, 0.25) is 11.8 Å². The molecule has 0 aliphatic rings. The number of esters is 1. The highest BCUT2D eigenvalue weighted by Gasteiger charge is 2.18. The highest BCUT2D eigenvalue weighted by molar-refractivity contribution is 5.87. The van der Waals surface area contributed by atoms with Crippen LogP contribution in [0.15, 0.2) is 72.9 Å². The number of rotatable bonds is 38. The average molecular weight is 783 g/mol. The van der Waals surface area contributed by atoms with Gasteiger partial charge >= 0.3 is 11.9 Å². The van der Waals surface area contributed by atoms with Crippen molar-refractivity contribution in [2.75, 3.05) is 13.2 Å². The smallest absolute Gasteiger partial charge is 0.328 e. The zero-order chi connectivity index (χ0) is 41.2. The lowest BCUT2D eigenvalue weighted by Crippen LogP contribution is -2.47. The maximum absolute atomic E-state index is 12.7. The zero-order valence-electron chi connectivity index (χ0n) is 35.1. The molecule has 56 heavy (non-hydrogen) atoms. The molecule has 2 amide bonds. The van der Waals surface area contributed by atoms with Gasteiger partial charge in [0.25, 0.3) is 0 Å². The van der Waals surface area contributed by atoms with Crippen molar-refractivity contribution in [1.29, 1.82) is 0 Å². The summed E-state index contributed by atoms with van der Waals surface area (Å²) in [6.07, 6.45) is 51.0. The van der Waals surface area contributed by atoms with Crippen molar-refractivity contribution < 1.29 is 34.1 Å². The summed E-state index contributed by atoms with van der Waals surface area (Å²) in [5.41, 5.74) is 0. The summed E-state index contributed by atoms with van der Waals surface area (Å²) in [5, 5.41) is 22.5. The topological polar surface area (TPSA) is 142 Å². The van der Waals surface area contributed by atoms with Crippen molar-refractivity contribution in [1.82, 2.24) is 10.6 Å². The molecule has 0 heterocycles. The second-order valence-electron chi connectivity index (χ2n) is 14.4. The number of aliphatic carboxylic acids is 1. The van der Waals surface area contributed by atoms with E-state index in [0.717, 1.165) is 96.3 Å². The lowest BCUT2D eigenvalue weighted by Gasteiger charge is -2.15. The Labute approximate surface area is 340 Å². The fourth-order valence-corrected chi connectivity index (χ4v) is 5.83. The molecule has 0 radical (unpaired) electrons. The van der Waals surface area contributed by atoms with E-state index in [-0.39, 0.29) is 30.9 Å². The fraction of sp³-hybridized carbons (Fsp3) is 0.660. The van der Waals surface area contributed by atoms with E-state index in [1.165, 1.54) is 44.9 Å². The Kier molecular flexibility index (Phi) is 38.2. The second kappa shape index (κ2) is 40.9. The minimum atomic E-state index is -1.39. The average Bonchev–Trinajstić information content (AvgIpc) is 3.18. The Hall–Kier alpha value is -3.72. The van der Waals surface area contributed by atoms with E-state index in [1.54, 1.807) is 0 Å². The molecule has 318 valence electrons. The summed E-state index contributed by atoms with van der Waals surface area (Å²) in [7, 11) is 0. The number of unbranched alkanes of at least 4 members (excludes halogenated alkanes) is 14. The van der Waals surface area contributed by atoms with Gasteiger partial charge in [-0.25, -0.2) is 4.79 Å². The zero-order valence-corrected chi connectivity index (χ0v) is 35.1. The van der Waals surface area contributed by atoms with Crippen LogP contribution >= 0.6 is 0 Å². The summed E-state index contributed by atoms with van der Waals surface area (Å²) in [5.74, 6) is -2.38. The number of allylic oxidation sites excluding steroid dienone is 11. The molecule has 0 saturated heterocycles. The van der Waals surface area contributed by atoms with Crippen LogP contribution in [0.1, 0.15) is 174 Å². The molecule has 0 bridgehead atoms. The first-order valence-electron chi connectivity index (χ1n) is 21.8. The number of ether oxygens (including phenoxy) is 1. The monoisotopic (exact) mass is 783 g/mol. The van der Waals surface area contributed by atoms with E-state index in [0.29, 0.717) is 12.8 Å². The summed E-state index contributed by atoms with van der Waals surface area (Å²) in [4.78, 5) is 47.4. The highest BCUT2D eigenvalue weighted by Crippen LogP contribution is 2.15. The van der Waals surface area contributed by atoms with E-state index < -0.39 is 24.5 Å². The number of amides is 2. The van der Waals surface area contributed by atoms with Gasteiger partial charge < -0.3 is 25.6 Å². The van der Waals surface area contributed by atoms with Gasteiger partial charge in [0.1, 0.15) is 12.1 Å². The minimum Gasteiger partial charge on any atom is -0.480 e. The van der Waals surface area contributed by atoms with Crippen LogP contribution in [0.3, 0.4) is 0 Å². The quantitative estimate of drug-likeness (QED) is 0.0277. The molecule has 0 fully saturated rings. The predicted molar refractivity (Wildman–Crippen MR) is 231 cm³/mol. The molecule has 2 atom stereocenters. The summed E-state index contributed by atoms with van der Waals surface area (Å²) in [6, 6.07) is -1.39. The molecule has 4 N–H and O–H groups in total. The predicted octanol–water partition coefficient (Wildman–Crippen LogP) is 10.7. The van der Waals surface area contributed by atoms with Crippen molar-refractivity contribution in [2.24, 2.45) is 0 Å². The van der Waals surface area contributed by atoms with Gasteiger partial charge in [0.05, 0.1) is 13.2 Å². The SMILES string of the molecule is CC/C=C\C/C=C\C/C=C\C(CCCCCCCCC(=O)NCC(=O)NC(CO)C(=O)O)OC(=O)CCCCCCCC/C=C\C/C=C\C/C=C\CCCCC. The number of hydrogen-bond acceptors (Lipinski definition) is 6. The Balaban J connectivity index is 4.26. The minimum absolute atomic E-state index is 0.118. The largest absolute Gasteiger partial charge is 0.480 e. The van der Waals surface area contributed by atoms with E-state index in [2.05, 4.69) is 91.3 Å². The first kappa shape index (κ1) is 52.3. The number of aliphatic hydroxyl groups excluding tert-OH is 1. The van der Waals surface area contributed by atoms with Crippen LogP contribution in [0, 0.1) is 0 Å². The molecule has 0 aromatic rings. The van der Waals surface area contributed by atoms with Crippen molar-refractivity contribution in [3.05, 3.63) is 72.9 Å². The summed E-state index contributed by atoms with van der Waals surface area (Å²) < 4.78 is 5.91. The van der Waals surface area contributed by atoms with Crippen LogP contribution in [0.5, 0.6) is 0 Å². The number of carboxylic acid groups (broad SMARTS) is 1. The molecule has 0 spiro atoms. The van der Waals surface area contributed by atoms with Gasteiger partial charge in [-0.05, 0) is 89.5 Å². The lowest BCUT2D eigenvalue weighted by molar-refractivity contribution is -0.147. The molecule has 9 nitrogen and oxygen atoms in total. The van der Waals surface area contributed by atoms with Crippen LogP contribution in [0.4, 0.5) is 0 Å². The van der Waals surface area contributed by atoms with E-state index >= 15 is 0 Å². The molecular weight excluding hydrogens is 705 g/mol. The van der Waals surface area contributed by atoms with Crippen molar-refractivity contribution in [2.45, 2.75) is 187 Å². The van der Waals surface area contributed by atoms with Gasteiger partial charge in [-0.2, -0.15) is 0 Å². The number of hydrogen-bond donors (Lipinski definition) is 4. The molecule has 0 aromatic carbocycles. The number of nitrogens with one attached hydrogen (secondary N) is 2. The van der Waals surface area contributed by atoms with Gasteiger partial charge in [0.15, 0.2) is 0 Å². The summed E-state index contributed by atoms with van der Waals surface area (Å²) >= 11 is 0. The first-order valence-corrected chi connectivity index (χ1v) is 21.8. The number of carboxylic acids is 1. The Morgan fingerprint density at radius 2 is 1.07 bits per heavy atom. The molecule has 0 rings (SSSR count). The third-order valence-corrected chi connectivity index (χ3v) is 9.17. The molecule has 0 aromatic heterocycles. The van der Waals surface area contributed by atoms with Gasteiger partial charge in [-0.3, -0.25) is 14.4 Å². The molecule has 0 aliphatic heterocycles. The third-order valence-electron chi connectivity index (χ3n) is 9.17. The number of carbonyl (C=O) groups is 4. The highest BCUT2D eigenvalue weighted by atomic mass is 16.5. The van der Waals surface area contributed by atoms with E-state index in [4.69, 9.17) is 14.9 Å². The third kappa shape index (κ3) is 37.2. The standard InChI is InChI=1S/C47H78N2O7/c1-3-5-7-9-11-13-14-15-16-17-18-19-20-21-22-23-25-31-35-39-46(53)56-42(36-32-28-24-12-10-8-6-4-2)37-33-29-26-27-30-34-38-44(51)48-40-45(52)49-43(41-50)47(54)55/h6,8,11-13,15-16,18-19,24,32,36,42-43,50H,3-5,7,9-10,14,17,20-23,25-31,33-35,37-41H2,1-2H3,(H,48,51)(H,49,52)(H,54,55)/b8-6-,13-11-,16-15-,19-18-,24-12-,36-32-. The van der Waals surface area contributed by atoms with Crippen molar-refractivity contribution >= 4 is 23.8 Å². The molecular formula is C47H78N2O7. The molecule has 0 aliphatic carbocycles. The van der Waals surface area contributed by atoms with E-state index in [1.807, 2.05) is 6.08 Å². The molecule has 0 saturated carbocycles. The maximum Gasteiger partial charge on any atom is 0.328 e.